The maximum absolute atomic E-state index is 11.8. The van der Waals surface area contributed by atoms with Crippen LogP contribution in [0.2, 0.25) is 0 Å². The summed E-state index contributed by atoms with van der Waals surface area (Å²) in [7, 11) is 0. The lowest BCUT2D eigenvalue weighted by Gasteiger charge is -2.11. The number of pyridine rings is 1. The van der Waals surface area contributed by atoms with Crippen molar-refractivity contribution in [2.24, 2.45) is 0 Å². The van der Waals surface area contributed by atoms with Gasteiger partial charge < -0.3 is 9.67 Å². The van der Waals surface area contributed by atoms with Crippen molar-refractivity contribution >= 4 is 12.0 Å². The average Bonchev–Trinajstić information content (AvgIpc) is 2.38. The zero-order valence-electron chi connectivity index (χ0n) is 10.4. The second kappa shape index (κ2) is 5.35. The molecule has 0 amide bonds. The Hall–Kier alpha value is -2.62. The van der Waals surface area contributed by atoms with E-state index in [4.69, 9.17) is 5.11 Å². The Morgan fingerprint density at radius 3 is 2.58 bits per heavy atom. The van der Waals surface area contributed by atoms with Gasteiger partial charge in [-0.3, -0.25) is 4.79 Å². The van der Waals surface area contributed by atoms with E-state index in [-0.39, 0.29) is 5.43 Å². The number of hydrogen-bond acceptors (Lipinski definition) is 2. The summed E-state index contributed by atoms with van der Waals surface area (Å²) in [5, 5.41) is 8.61. The first kappa shape index (κ1) is 12.8. The molecule has 0 aliphatic heterocycles. The highest BCUT2D eigenvalue weighted by Crippen LogP contribution is 2.11. The second-order valence-electron chi connectivity index (χ2n) is 4.11. The Kier molecular flexibility index (Phi) is 3.61. The third kappa shape index (κ3) is 2.98. The highest BCUT2D eigenvalue weighted by atomic mass is 16.4. The smallest absolute Gasteiger partial charge is 0.328 e. The lowest BCUT2D eigenvalue weighted by molar-refractivity contribution is -0.131. The van der Waals surface area contributed by atoms with Crippen molar-refractivity contribution in [1.82, 2.24) is 4.57 Å². The molecule has 0 unspecified atom stereocenters. The van der Waals surface area contributed by atoms with Gasteiger partial charge in [0.2, 0.25) is 0 Å². The minimum Gasteiger partial charge on any atom is -0.478 e. The molecule has 19 heavy (non-hydrogen) atoms. The van der Waals surface area contributed by atoms with E-state index in [0.29, 0.717) is 5.56 Å². The number of hydrogen-bond donors (Lipinski definition) is 1. The fourth-order valence-electron chi connectivity index (χ4n) is 1.80. The zero-order chi connectivity index (χ0) is 13.8. The number of aromatic nitrogens is 1. The Labute approximate surface area is 110 Å². The number of para-hydroxylation sites is 1. The van der Waals surface area contributed by atoms with Crippen LogP contribution in [0.3, 0.4) is 0 Å². The summed E-state index contributed by atoms with van der Waals surface area (Å²) in [6.07, 6.45) is 3.91. The standard InChI is InChI=1S/C15H13NO3/c1-11-9-14(17)12(7-8-15(18)19)10-16(11)13-5-3-2-4-6-13/h2-10H,1H3,(H,18,19)/b8-7+. The van der Waals surface area contributed by atoms with Crippen LogP contribution in [0, 0.1) is 6.92 Å². The van der Waals surface area contributed by atoms with Crippen LogP contribution in [-0.4, -0.2) is 15.6 Å². The summed E-state index contributed by atoms with van der Waals surface area (Å²) in [5.41, 5.74) is 1.87. The third-order valence-electron chi connectivity index (χ3n) is 2.71. The predicted molar refractivity (Wildman–Crippen MR) is 73.4 cm³/mol. The van der Waals surface area contributed by atoms with Crippen molar-refractivity contribution in [2.45, 2.75) is 6.92 Å². The topological polar surface area (TPSA) is 59.3 Å². The van der Waals surface area contributed by atoms with E-state index in [9.17, 15) is 9.59 Å². The first-order valence-corrected chi connectivity index (χ1v) is 5.77. The molecule has 4 nitrogen and oxygen atoms in total. The summed E-state index contributed by atoms with van der Waals surface area (Å²) in [6, 6.07) is 11.0. The number of benzene rings is 1. The molecule has 0 spiro atoms. The Bertz CT molecular complexity index is 684. The van der Waals surface area contributed by atoms with Crippen molar-refractivity contribution in [1.29, 1.82) is 0 Å². The monoisotopic (exact) mass is 255 g/mol. The van der Waals surface area contributed by atoms with E-state index >= 15 is 0 Å². The SMILES string of the molecule is Cc1cc(=O)c(/C=C/C(=O)O)cn1-c1ccccc1. The van der Waals surface area contributed by atoms with Crippen molar-refractivity contribution in [3.63, 3.8) is 0 Å². The molecule has 0 atom stereocenters. The van der Waals surface area contributed by atoms with Crippen LogP contribution in [0.15, 0.2) is 53.5 Å². The summed E-state index contributed by atoms with van der Waals surface area (Å²) in [5.74, 6) is -1.08. The Balaban J connectivity index is 2.55. The second-order valence-corrected chi connectivity index (χ2v) is 4.11. The normalized spacial score (nSPS) is 10.8. The number of carboxylic acids is 1. The van der Waals surface area contributed by atoms with Crippen LogP contribution in [0.5, 0.6) is 0 Å². The van der Waals surface area contributed by atoms with E-state index in [2.05, 4.69) is 0 Å². The van der Waals surface area contributed by atoms with Gasteiger partial charge in [-0.2, -0.15) is 0 Å². The maximum atomic E-state index is 11.8. The summed E-state index contributed by atoms with van der Waals surface area (Å²) in [4.78, 5) is 22.3. The summed E-state index contributed by atoms with van der Waals surface area (Å²) < 4.78 is 1.85. The predicted octanol–water partition coefficient (Wildman–Crippen LogP) is 2.24. The van der Waals surface area contributed by atoms with Gasteiger partial charge in [-0.25, -0.2) is 4.79 Å². The van der Waals surface area contributed by atoms with Gasteiger partial charge in [-0.05, 0) is 25.1 Å². The van der Waals surface area contributed by atoms with Crippen LogP contribution in [0.25, 0.3) is 11.8 Å². The molecule has 96 valence electrons. The fourth-order valence-corrected chi connectivity index (χ4v) is 1.80. The lowest BCUT2D eigenvalue weighted by Crippen LogP contribution is -2.11. The number of nitrogens with zero attached hydrogens (tertiary/aromatic N) is 1. The van der Waals surface area contributed by atoms with Crippen LogP contribution < -0.4 is 5.43 Å². The molecule has 2 rings (SSSR count). The molecular formula is C15H13NO3. The number of aryl methyl sites for hydroxylation is 1. The molecule has 0 saturated carbocycles. The summed E-state index contributed by atoms with van der Waals surface area (Å²) in [6.45, 7) is 1.83. The molecule has 0 bridgehead atoms. The number of rotatable bonds is 3. The number of aliphatic carboxylic acids is 1. The molecule has 0 aliphatic rings. The molecule has 0 saturated heterocycles. The van der Waals surface area contributed by atoms with Gasteiger partial charge in [0.1, 0.15) is 0 Å². The quantitative estimate of drug-likeness (QED) is 0.856. The Morgan fingerprint density at radius 2 is 1.95 bits per heavy atom. The van der Waals surface area contributed by atoms with E-state index in [1.54, 1.807) is 6.20 Å². The van der Waals surface area contributed by atoms with Gasteiger partial charge >= 0.3 is 5.97 Å². The fraction of sp³-hybridized carbons (Fsp3) is 0.0667. The van der Waals surface area contributed by atoms with Gasteiger partial charge in [-0.15, -0.1) is 0 Å². The molecule has 4 heteroatoms. The van der Waals surface area contributed by atoms with Crippen molar-refractivity contribution in [2.75, 3.05) is 0 Å². The molecule has 0 aliphatic carbocycles. The highest BCUT2D eigenvalue weighted by Gasteiger charge is 2.03. The Morgan fingerprint density at radius 1 is 1.26 bits per heavy atom. The molecule has 0 radical (unpaired) electrons. The number of carbonyl (C=O) groups is 1. The van der Waals surface area contributed by atoms with E-state index in [1.807, 2.05) is 41.8 Å². The van der Waals surface area contributed by atoms with Gasteiger partial charge in [-0.1, -0.05) is 18.2 Å². The molecule has 1 heterocycles. The van der Waals surface area contributed by atoms with Crippen molar-refractivity contribution in [3.05, 3.63) is 70.2 Å². The molecular weight excluding hydrogens is 242 g/mol. The van der Waals surface area contributed by atoms with Gasteiger partial charge in [0.25, 0.3) is 0 Å². The number of carboxylic acid groups (broad SMARTS) is 1. The molecule has 1 aromatic heterocycles. The van der Waals surface area contributed by atoms with Crippen LogP contribution >= 0.6 is 0 Å². The van der Waals surface area contributed by atoms with Crippen LogP contribution in [0.1, 0.15) is 11.3 Å². The van der Waals surface area contributed by atoms with Crippen LogP contribution in [-0.2, 0) is 4.79 Å². The third-order valence-corrected chi connectivity index (χ3v) is 2.71. The van der Waals surface area contributed by atoms with E-state index in [1.165, 1.54) is 12.1 Å². The first-order chi connectivity index (χ1) is 9.08. The zero-order valence-corrected chi connectivity index (χ0v) is 10.4. The highest BCUT2D eigenvalue weighted by molar-refractivity contribution is 5.85. The van der Waals surface area contributed by atoms with Crippen molar-refractivity contribution in [3.8, 4) is 5.69 Å². The molecule has 0 fully saturated rings. The molecule has 1 N–H and O–H groups in total. The van der Waals surface area contributed by atoms with Gasteiger partial charge in [0, 0.05) is 35.3 Å². The minimum atomic E-state index is -1.08. The van der Waals surface area contributed by atoms with Crippen molar-refractivity contribution < 1.29 is 9.90 Å². The van der Waals surface area contributed by atoms with E-state index < -0.39 is 5.97 Å². The lowest BCUT2D eigenvalue weighted by atomic mass is 10.2. The van der Waals surface area contributed by atoms with Gasteiger partial charge in [0.15, 0.2) is 5.43 Å². The molecule has 1 aromatic carbocycles. The average molecular weight is 255 g/mol. The molecule has 2 aromatic rings. The van der Waals surface area contributed by atoms with Gasteiger partial charge in [0.05, 0.1) is 0 Å². The van der Waals surface area contributed by atoms with E-state index in [0.717, 1.165) is 17.5 Å². The minimum absolute atomic E-state index is 0.192. The summed E-state index contributed by atoms with van der Waals surface area (Å²) >= 11 is 0. The first-order valence-electron chi connectivity index (χ1n) is 5.77. The largest absolute Gasteiger partial charge is 0.478 e. The van der Waals surface area contributed by atoms with Crippen LogP contribution in [0.4, 0.5) is 0 Å². The maximum Gasteiger partial charge on any atom is 0.328 e.